The first-order chi connectivity index (χ1) is 16.6. The van der Waals surface area contributed by atoms with E-state index in [9.17, 15) is 16.8 Å². The van der Waals surface area contributed by atoms with Crippen molar-refractivity contribution in [1.82, 2.24) is 0 Å². The molecule has 0 heterocycles. The number of sulfonamides is 1. The summed E-state index contributed by atoms with van der Waals surface area (Å²) in [5, 5.41) is 0. The number of sulfone groups is 1. The van der Waals surface area contributed by atoms with Gasteiger partial charge in [0.05, 0.1) is 14.7 Å². The fourth-order valence-corrected chi connectivity index (χ4v) is 6.13. The molecule has 0 aromatic heterocycles. The van der Waals surface area contributed by atoms with Crippen molar-refractivity contribution in [2.24, 2.45) is 0 Å². The van der Waals surface area contributed by atoms with E-state index in [-0.39, 0.29) is 14.7 Å². The van der Waals surface area contributed by atoms with E-state index in [0.717, 1.165) is 24.2 Å². The van der Waals surface area contributed by atoms with Gasteiger partial charge in [0, 0.05) is 25.0 Å². The Bertz CT molecular complexity index is 1320. The first-order valence-corrected chi connectivity index (χ1v) is 14.9. The minimum Gasteiger partial charge on any atom is -0.375 e. The lowest BCUT2D eigenvalue weighted by atomic mass is 10.1. The highest BCUT2D eigenvalue weighted by atomic mass is 32.2. The summed E-state index contributed by atoms with van der Waals surface area (Å²) in [5.41, 5.74) is 2.34. The Morgan fingerprint density at radius 1 is 0.743 bits per heavy atom. The fourth-order valence-electron chi connectivity index (χ4n) is 3.82. The summed E-state index contributed by atoms with van der Waals surface area (Å²) in [6.07, 6.45) is 6.01. The van der Waals surface area contributed by atoms with Crippen molar-refractivity contribution >= 4 is 31.2 Å². The molecule has 0 spiro atoms. The maximum absolute atomic E-state index is 13.1. The normalized spacial score (nSPS) is 11.9. The first-order valence-electron chi connectivity index (χ1n) is 11.9. The van der Waals surface area contributed by atoms with Crippen LogP contribution < -0.4 is 9.62 Å². The zero-order valence-corrected chi connectivity index (χ0v) is 22.2. The summed E-state index contributed by atoms with van der Waals surface area (Å²) < 4.78 is 54.1. The summed E-state index contributed by atoms with van der Waals surface area (Å²) in [6, 6.07) is 19.1. The van der Waals surface area contributed by atoms with Gasteiger partial charge < -0.3 is 4.90 Å². The predicted molar refractivity (Wildman–Crippen MR) is 142 cm³/mol. The van der Waals surface area contributed by atoms with Gasteiger partial charge in [0.15, 0.2) is 0 Å². The second-order valence-corrected chi connectivity index (χ2v) is 12.4. The topological polar surface area (TPSA) is 83.6 Å². The molecule has 0 unspecified atom stereocenters. The molecule has 0 radical (unpaired) electrons. The molecule has 6 nitrogen and oxygen atoms in total. The highest BCUT2D eigenvalue weighted by Gasteiger charge is 2.20. The molecule has 0 fully saturated rings. The van der Waals surface area contributed by atoms with Gasteiger partial charge in [-0.05, 0) is 79.6 Å². The summed E-state index contributed by atoms with van der Waals surface area (Å²) in [7, 11) is -5.60. The molecule has 0 bridgehead atoms. The van der Waals surface area contributed by atoms with E-state index in [1.807, 2.05) is 32.2 Å². The number of unbranched alkanes of at least 4 members (excludes halogenated alkanes) is 4. The largest absolute Gasteiger partial charge is 0.375 e. The molecule has 0 aliphatic heterocycles. The van der Waals surface area contributed by atoms with E-state index in [1.165, 1.54) is 49.9 Å². The number of anilines is 2. The average molecular weight is 515 g/mol. The number of hydrogen-bond donors (Lipinski definition) is 1. The number of hydrogen-bond acceptors (Lipinski definition) is 5. The lowest BCUT2D eigenvalue weighted by Gasteiger charge is -2.19. The molecule has 8 heteroatoms. The third-order valence-electron chi connectivity index (χ3n) is 5.90. The summed E-state index contributed by atoms with van der Waals surface area (Å²) >= 11 is 0. The van der Waals surface area contributed by atoms with Crippen molar-refractivity contribution in [3.8, 4) is 0 Å². The SMILES string of the molecule is CCCCCCCN(C)c1ccc(S(=O)(=O)c2ccc(S(=O)(=O)Nc3cccc(C)c3)cc2)cc1. The van der Waals surface area contributed by atoms with Crippen molar-refractivity contribution < 1.29 is 16.8 Å². The van der Waals surface area contributed by atoms with Gasteiger partial charge in [0.1, 0.15) is 0 Å². The van der Waals surface area contributed by atoms with E-state index in [0.29, 0.717) is 5.69 Å². The molecule has 0 aliphatic rings. The quantitative estimate of drug-likeness (QED) is 0.298. The highest BCUT2D eigenvalue weighted by molar-refractivity contribution is 7.93. The molecular formula is C27H34N2O4S2. The minimum atomic E-state index is -3.84. The number of aryl methyl sites for hydroxylation is 1. The molecule has 35 heavy (non-hydrogen) atoms. The van der Waals surface area contributed by atoms with E-state index in [2.05, 4.69) is 16.5 Å². The third kappa shape index (κ3) is 7.08. The standard InChI is InChI=1S/C27H34N2O4S2/c1-4-5-6-7-8-20-29(3)24-12-14-25(15-13-24)34(30,31)26-16-18-27(19-17-26)35(32,33)28-23-11-9-10-22(2)21-23/h9-19,21,28H,4-8,20H2,1-3H3. The van der Waals surface area contributed by atoms with Crippen molar-refractivity contribution in [3.63, 3.8) is 0 Å². The highest BCUT2D eigenvalue weighted by Crippen LogP contribution is 2.25. The molecule has 0 saturated heterocycles. The molecule has 0 amide bonds. The lowest BCUT2D eigenvalue weighted by Crippen LogP contribution is -2.18. The summed E-state index contributed by atoms with van der Waals surface area (Å²) in [5.74, 6) is 0. The Hall–Kier alpha value is -2.84. The zero-order valence-electron chi connectivity index (χ0n) is 20.6. The fraction of sp³-hybridized carbons (Fsp3) is 0.333. The molecule has 3 rings (SSSR count). The van der Waals surface area contributed by atoms with E-state index < -0.39 is 19.9 Å². The molecular weight excluding hydrogens is 480 g/mol. The number of benzene rings is 3. The van der Waals surface area contributed by atoms with Crippen LogP contribution in [-0.4, -0.2) is 30.4 Å². The van der Waals surface area contributed by atoms with Crippen LogP contribution in [0.1, 0.15) is 44.6 Å². The number of rotatable bonds is 12. The van der Waals surface area contributed by atoms with Gasteiger partial charge in [-0.3, -0.25) is 4.72 Å². The van der Waals surface area contributed by atoms with Crippen LogP contribution in [0.4, 0.5) is 11.4 Å². The molecule has 188 valence electrons. The van der Waals surface area contributed by atoms with Gasteiger partial charge in [-0.1, -0.05) is 44.7 Å². The van der Waals surface area contributed by atoms with Crippen LogP contribution >= 0.6 is 0 Å². The summed E-state index contributed by atoms with van der Waals surface area (Å²) in [4.78, 5) is 2.34. The van der Waals surface area contributed by atoms with Crippen molar-refractivity contribution in [2.45, 2.75) is 60.6 Å². The van der Waals surface area contributed by atoms with Gasteiger partial charge in [-0.25, -0.2) is 16.8 Å². The van der Waals surface area contributed by atoms with Crippen LogP contribution in [0.25, 0.3) is 0 Å². The average Bonchev–Trinajstić information content (AvgIpc) is 2.83. The third-order valence-corrected chi connectivity index (χ3v) is 9.08. The Kier molecular flexibility index (Phi) is 8.97. The van der Waals surface area contributed by atoms with Crippen molar-refractivity contribution in [1.29, 1.82) is 0 Å². The van der Waals surface area contributed by atoms with E-state index in [1.54, 1.807) is 30.3 Å². The minimum absolute atomic E-state index is 0.00568. The van der Waals surface area contributed by atoms with Gasteiger partial charge in [0.25, 0.3) is 10.0 Å². The van der Waals surface area contributed by atoms with Crippen LogP contribution in [0.5, 0.6) is 0 Å². The van der Waals surface area contributed by atoms with Crippen molar-refractivity contribution in [3.05, 3.63) is 78.4 Å². The molecule has 3 aromatic carbocycles. The Labute approximate surface area is 210 Å². The number of nitrogens with one attached hydrogen (secondary N) is 1. The maximum atomic E-state index is 13.1. The lowest BCUT2D eigenvalue weighted by molar-refractivity contribution is 0.594. The zero-order chi connectivity index (χ0) is 25.5. The summed E-state index contributed by atoms with van der Waals surface area (Å²) in [6.45, 7) is 4.99. The molecule has 1 N–H and O–H groups in total. The van der Waals surface area contributed by atoms with Crippen LogP contribution in [0, 0.1) is 6.92 Å². The first kappa shape index (κ1) is 26.8. The van der Waals surface area contributed by atoms with Crippen LogP contribution in [0.2, 0.25) is 0 Å². The van der Waals surface area contributed by atoms with Crippen LogP contribution in [0.15, 0.2) is 87.5 Å². The monoisotopic (exact) mass is 514 g/mol. The second-order valence-electron chi connectivity index (χ2n) is 8.78. The number of nitrogens with zero attached hydrogens (tertiary/aromatic N) is 1. The molecule has 0 aliphatic carbocycles. The predicted octanol–water partition coefficient (Wildman–Crippen LogP) is 6.04. The molecule has 3 aromatic rings. The van der Waals surface area contributed by atoms with Gasteiger partial charge in [0.2, 0.25) is 9.84 Å². The maximum Gasteiger partial charge on any atom is 0.261 e. The van der Waals surface area contributed by atoms with E-state index in [4.69, 9.17) is 0 Å². The Balaban J connectivity index is 1.69. The van der Waals surface area contributed by atoms with E-state index >= 15 is 0 Å². The van der Waals surface area contributed by atoms with Gasteiger partial charge in [-0.2, -0.15) is 0 Å². The Morgan fingerprint density at radius 2 is 1.31 bits per heavy atom. The molecule has 0 saturated carbocycles. The smallest absolute Gasteiger partial charge is 0.261 e. The van der Waals surface area contributed by atoms with Crippen molar-refractivity contribution in [2.75, 3.05) is 23.2 Å². The van der Waals surface area contributed by atoms with Crippen LogP contribution in [0.3, 0.4) is 0 Å². The Morgan fingerprint density at radius 3 is 1.91 bits per heavy atom. The van der Waals surface area contributed by atoms with Gasteiger partial charge >= 0.3 is 0 Å². The molecule has 0 atom stereocenters. The second kappa shape index (κ2) is 11.7. The van der Waals surface area contributed by atoms with Gasteiger partial charge in [-0.15, -0.1) is 0 Å². The van der Waals surface area contributed by atoms with Crippen LogP contribution in [-0.2, 0) is 19.9 Å².